The Hall–Kier alpha value is -1.35. The van der Waals surface area contributed by atoms with E-state index >= 15 is 0 Å². The van der Waals surface area contributed by atoms with Crippen LogP contribution in [0.2, 0.25) is 0 Å². The Morgan fingerprint density at radius 1 is 1.33 bits per heavy atom. The molecular formula is C15H21NO2. The van der Waals surface area contributed by atoms with Gasteiger partial charge in [0.25, 0.3) is 5.91 Å². The average Bonchev–Trinajstić information content (AvgIpc) is 2.38. The van der Waals surface area contributed by atoms with Crippen molar-refractivity contribution < 1.29 is 9.53 Å². The fraction of sp³-hybridized carbons (Fsp3) is 0.533. The first-order valence-electron chi connectivity index (χ1n) is 6.62. The predicted octanol–water partition coefficient (Wildman–Crippen LogP) is 3.02. The maximum atomic E-state index is 12.3. The quantitative estimate of drug-likeness (QED) is 0.804. The van der Waals surface area contributed by atoms with Crippen molar-refractivity contribution in [3.05, 3.63) is 35.4 Å². The van der Waals surface area contributed by atoms with E-state index in [1.165, 1.54) is 5.56 Å². The molecule has 1 aliphatic rings. The van der Waals surface area contributed by atoms with Crippen LogP contribution >= 0.6 is 0 Å². The number of carbonyl (C=O) groups is 1. The molecule has 0 aromatic heterocycles. The summed E-state index contributed by atoms with van der Waals surface area (Å²) in [5.74, 6) is 0.559. The number of carbonyl (C=O) groups excluding carboxylic acids is 1. The van der Waals surface area contributed by atoms with Crippen molar-refractivity contribution in [1.82, 2.24) is 4.90 Å². The molecule has 1 heterocycles. The Balaban J connectivity index is 2.13. The molecule has 1 fully saturated rings. The van der Waals surface area contributed by atoms with Crippen LogP contribution in [0.25, 0.3) is 0 Å². The molecule has 1 aliphatic heterocycles. The molecule has 1 atom stereocenters. The molecule has 1 unspecified atom stereocenters. The van der Waals surface area contributed by atoms with Crippen molar-refractivity contribution in [2.45, 2.75) is 39.3 Å². The standard InChI is InChI=1S/C15H21NO2/c1-11(2)13-5-7-14(8-6-13)15(17)16-9-4-10-18-12(16)3/h5-8,11-12H,4,9-10H2,1-3H3. The van der Waals surface area contributed by atoms with E-state index in [0.717, 1.165) is 25.1 Å². The zero-order valence-electron chi connectivity index (χ0n) is 11.3. The van der Waals surface area contributed by atoms with E-state index < -0.39 is 0 Å². The maximum Gasteiger partial charge on any atom is 0.255 e. The molecule has 3 heteroatoms. The Kier molecular flexibility index (Phi) is 4.02. The molecule has 3 nitrogen and oxygen atoms in total. The predicted molar refractivity (Wildman–Crippen MR) is 71.6 cm³/mol. The summed E-state index contributed by atoms with van der Waals surface area (Å²) in [6, 6.07) is 7.90. The van der Waals surface area contributed by atoms with Gasteiger partial charge in [0.05, 0.1) is 6.61 Å². The van der Waals surface area contributed by atoms with Crippen LogP contribution in [0.15, 0.2) is 24.3 Å². The largest absolute Gasteiger partial charge is 0.359 e. The van der Waals surface area contributed by atoms with E-state index in [1.807, 2.05) is 31.2 Å². The molecule has 98 valence electrons. The third-order valence-electron chi connectivity index (χ3n) is 3.43. The first-order valence-corrected chi connectivity index (χ1v) is 6.62. The van der Waals surface area contributed by atoms with Gasteiger partial charge in [0.15, 0.2) is 0 Å². The Labute approximate surface area is 109 Å². The molecule has 18 heavy (non-hydrogen) atoms. The van der Waals surface area contributed by atoms with Gasteiger partial charge < -0.3 is 9.64 Å². The van der Waals surface area contributed by atoms with Gasteiger partial charge in [-0.25, -0.2) is 0 Å². The minimum absolute atomic E-state index is 0.0671. The minimum atomic E-state index is -0.115. The van der Waals surface area contributed by atoms with E-state index in [1.54, 1.807) is 4.90 Å². The van der Waals surface area contributed by atoms with Crippen LogP contribution in [0, 0.1) is 0 Å². The molecule has 0 spiro atoms. The molecule has 2 rings (SSSR count). The maximum absolute atomic E-state index is 12.3. The third-order valence-corrected chi connectivity index (χ3v) is 3.43. The fourth-order valence-corrected chi connectivity index (χ4v) is 2.20. The highest BCUT2D eigenvalue weighted by Gasteiger charge is 2.24. The second-order valence-corrected chi connectivity index (χ2v) is 5.10. The zero-order valence-corrected chi connectivity index (χ0v) is 11.3. The van der Waals surface area contributed by atoms with Crippen LogP contribution in [0.4, 0.5) is 0 Å². The molecule has 1 amide bonds. The van der Waals surface area contributed by atoms with Gasteiger partial charge in [0.2, 0.25) is 0 Å². The summed E-state index contributed by atoms with van der Waals surface area (Å²) in [5.41, 5.74) is 2.01. The van der Waals surface area contributed by atoms with Crippen LogP contribution in [-0.2, 0) is 4.74 Å². The number of rotatable bonds is 2. The van der Waals surface area contributed by atoms with E-state index in [4.69, 9.17) is 4.74 Å². The molecular weight excluding hydrogens is 226 g/mol. The smallest absolute Gasteiger partial charge is 0.255 e. The van der Waals surface area contributed by atoms with Crippen LogP contribution < -0.4 is 0 Å². The summed E-state index contributed by atoms with van der Waals surface area (Å²) < 4.78 is 5.50. The number of ether oxygens (including phenoxy) is 1. The average molecular weight is 247 g/mol. The first-order chi connectivity index (χ1) is 8.59. The lowest BCUT2D eigenvalue weighted by molar-refractivity contribution is -0.0661. The number of benzene rings is 1. The highest BCUT2D eigenvalue weighted by atomic mass is 16.5. The van der Waals surface area contributed by atoms with E-state index in [-0.39, 0.29) is 12.1 Å². The van der Waals surface area contributed by atoms with Crippen molar-refractivity contribution in [3.8, 4) is 0 Å². The lowest BCUT2D eigenvalue weighted by Crippen LogP contribution is -2.44. The molecule has 1 aromatic carbocycles. The van der Waals surface area contributed by atoms with Gasteiger partial charge in [-0.15, -0.1) is 0 Å². The molecule has 0 N–H and O–H groups in total. The second-order valence-electron chi connectivity index (χ2n) is 5.10. The highest BCUT2D eigenvalue weighted by molar-refractivity contribution is 5.94. The Morgan fingerprint density at radius 2 is 2.00 bits per heavy atom. The van der Waals surface area contributed by atoms with Crippen molar-refractivity contribution in [2.24, 2.45) is 0 Å². The molecule has 1 aromatic rings. The number of hydrogen-bond donors (Lipinski definition) is 0. The Morgan fingerprint density at radius 3 is 2.56 bits per heavy atom. The normalized spacial score (nSPS) is 20.2. The monoisotopic (exact) mass is 247 g/mol. The van der Waals surface area contributed by atoms with Gasteiger partial charge in [-0.1, -0.05) is 26.0 Å². The van der Waals surface area contributed by atoms with Gasteiger partial charge in [-0.2, -0.15) is 0 Å². The highest BCUT2D eigenvalue weighted by Crippen LogP contribution is 2.18. The lowest BCUT2D eigenvalue weighted by atomic mass is 10.0. The molecule has 1 saturated heterocycles. The zero-order chi connectivity index (χ0) is 13.1. The molecule has 0 saturated carbocycles. The van der Waals surface area contributed by atoms with Gasteiger partial charge in [-0.3, -0.25) is 4.79 Å². The topological polar surface area (TPSA) is 29.5 Å². The SMILES string of the molecule is CC(C)c1ccc(C(=O)N2CCCOC2C)cc1. The van der Waals surface area contributed by atoms with Crippen LogP contribution in [-0.4, -0.2) is 30.2 Å². The van der Waals surface area contributed by atoms with Gasteiger partial charge in [0, 0.05) is 12.1 Å². The summed E-state index contributed by atoms with van der Waals surface area (Å²) in [4.78, 5) is 14.1. The number of hydrogen-bond acceptors (Lipinski definition) is 2. The number of amides is 1. The number of nitrogens with zero attached hydrogens (tertiary/aromatic N) is 1. The van der Waals surface area contributed by atoms with Crippen molar-refractivity contribution in [3.63, 3.8) is 0 Å². The van der Waals surface area contributed by atoms with E-state index in [2.05, 4.69) is 13.8 Å². The molecule has 0 bridgehead atoms. The van der Waals surface area contributed by atoms with Crippen molar-refractivity contribution in [1.29, 1.82) is 0 Å². The van der Waals surface area contributed by atoms with E-state index in [0.29, 0.717) is 5.92 Å². The molecule has 0 radical (unpaired) electrons. The summed E-state index contributed by atoms with van der Waals surface area (Å²) in [6.07, 6.45) is 0.802. The third kappa shape index (κ3) is 2.72. The van der Waals surface area contributed by atoms with Gasteiger partial charge in [-0.05, 0) is 37.0 Å². The second kappa shape index (κ2) is 5.53. The summed E-state index contributed by atoms with van der Waals surface area (Å²) in [5, 5.41) is 0. The summed E-state index contributed by atoms with van der Waals surface area (Å²) in [6.45, 7) is 7.76. The fourth-order valence-electron chi connectivity index (χ4n) is 2.20. The van der Waals surface area contributed by atoms with Crippen molar-refractivity contribution >= 4 is 5.91 Å². The lowest BCUT2D eigenvalue weighted by Gasteiger charge is -2.33. The van der Waals surface area contributed by atoms with Crippen molar-refractivity contribution in [2.75, 3.05) is 13.2 Å². The first kappa shape index (κ1) is 13.1. The molecule has 0 aliphatic carbocycles. The van der Waals surface area contributed by atoms with Crippen LogP contribution in [0.3, 0.4) is 0 Å². The minimum Gasteiger partial charge on any atom is -0.359 e. The summed E-state index contributed by atoms with van der Waals surface area (Å²) in [7, 11) is 0. The van der Waals surface area contributed by atoms with Gasteiger partial charge in [0.1, 0.15) is 6.23 Å². The summed E-state index contributed by atoms with van der Waals surface area (Å²) >= 11 is 0. The Bertz CT molecular complexity index is 411. The van der Waals surface area contributed by atoms with Crippen LogP contribution in [0.1, 0.15) is 49.0 Å². The van der Waals surface area contributed by atoms with Crippen LogP contribution in [0.5, 0.6) is 0 Å². The van der Waals surface area contributed by atoms with E-state index in [9.17, 15) is 4.79 Å². The van der Waals surface area contributed by atoms with Gasteiger partial charge >= 0.3 is 0 Å².